The Morgan fingerprint density at radius 1 is 1.25 bits per heavy atom. The zero-order valence-corrected chi connectivity index (χ0v) is 8.59. The maximum atomic E-state index is 10.9. The Kier molecular flexibility index (Phi) is 3.95. The molecule has 0 amide bonds. The van der Waals surface area contributed by atoms with Gasteiger partial charge in [0.1, 0.15) is 0 Å². The highest BCUT2D eigenvalue weighted by atomic mass is 28.4. The molecule has 0 spiro atoms. The average Bonchev–Trinajstić information content (AvgIpc) is 1.79. The van der Waals surface area contributed by atoms with Crippen molar-refractivity contribution in [3.63, 3.8) is 0 Å². The van der Waals surface area contributed by atoms with E-state index in [0.29, 0.717) is 0 Å². The molecule has 0 aliphatic carbocycles. The molecule has 0 unspecified atom stereocenters. The summed E-state index contributed by atoms with van der Waals surface area (Å²) in [7, 11) is -1.83. The maximum Gasteiger partial charge on any atom is 0.303 e. The Balaban J connectivity index is 3.68. The fourth-order valence-electron chi connectivity index (χ4n) is 0.602. The second-order valence-electron chi connectivity index (χ2n) is 3.48. The standard InChI is InChI=1S/C7H14O4Si/c1-12(2,3)11-7(10)5-4-6(8)9/h4-5H2,1-3H3,(H,8,9). The number of carbonyl (C=O) groups is 2. The highest BCUT2D eigenvalue weighted by Crippen LogP contribution is 2.05. The van der Waals surface area contributed by atoms with Crippen LogP contribution in [0.3, 0.4) is 0 Å². The van der Waals surface area contributed by atoms with Crippen LogP contribution < -0.4 is 0 Å². The SMILES string of the molecule is C[Si](C)(C)OC(=O)CCC(=O)O. The summed E-state index contributed by atoms with van der Waals surface area (Å²) in [6.45, 7) is 5.64. The van der Waals surface area contributed by atoms with Crippen molar-refractivity contribution in [2.24, 2.45) is 0 Å². The largest absolute Gasteiger partial charge is 0.520 e. The van der Waals surface area contributed by atoms with Crippen LogP contribution in [0.2, 0.25) is 19.6 Å². The van der Waals surface area contributed by atoms with Crippen LogP contribution in [0.4, 0.5) is 0 Å². The van der Waals surface area contributed by atoms with Gasteiger partial charge in [0.15, 0.2) is 0 Å². The van der Waals surface area contributed by atoms with Gasteiger partial charge in [-0.3, -0.25) is 9.59 Å². The van der Waals surface area contributed by atoms with E-state index in [-0.39, 0.29) is 12.8 Å². The summed E-state index contributed by atoms with van der Waals surface area (Å²) < 4.78 is 5.02. The minimum Gasteiger partial charge on any atom is -0.520 e. The Labute approximate surface area is 72.7 Å². The highest BCUT2D eigenvalue weighted by Gasteiger charge is 2.19. The van der Waals surface area contributed by atoms with Crippen LogP contribution >= 0.6 is 0 Å². The quantitative estimate of drug-likeness (QED) is 0.677. The molecule has 0 aromatic carbocycles. The lowest BCUT2D eigenvalue weighted by molar-refractivity contribution is -0.142. The molecule has 12 heavy (non-hydrogen) atoms. The molecule has 0 atom stereocenters. The van der Waals surface area contributed by atoms with Gasteiger partial charge in [0.2, 0.25) is 8.32 Å². The van der Waals surface area contributed by atoms with Crippen molar-refractivity contribution in [2.45, 2.75) is 32.5 Å². The van der Waals surface area contributed by atoms with E-state index in [9.17, 15) is 9.59 Å². The van der Waals surface area contributed by atoms with Gasteiger partial charge in [-0.1, -0.05) is 0 Å². The van der Waals surface area contributed by atoms with Crippen molar-refractivity contribution in [1.29, 1.82) is 0 Å². The lowest BCUT2D eigenvalue weighted by atomic mass is 10.3. The third-order valence-electron chi connectivity index (χ3n) is 0.963. The van der Waals surface area contributed by atoms with Gasteiger partial charge in [0, 0.05) is 0 Å². The number of aliphatic carboxylic acids is 1. The van der Waals surface area contributed by atoms with Crippen molar-refractivity contribution in [2.75, 3.05) is 0 Å². The predicted molar refractivity (Wildman–Crippen MR) is 46.3 cm³/mol. The Hall–Kier alpha value is -0.843. The van der Waals surface area contributed by atoms with Gasteiger partial charge in [0.05, 0.1) is 12.8 Å². The summed E-state index contributed by atoms with van der Waals surface area (Å²) in [5, 5.41) is 8.26. The molecule has 0 bridgehead atoms. The van der Waals surface area contributed by atoms with Crippen LogP contribution in [0.15, 0.2) is 0 Å². The van der Waals surface area contributed by atoms with Gasteiger partial charge >= 0.3 is 5.97 Å². The number of carboxylic acid groups (broad SMARTS) is 1. The second-order valence-corrected chi connectivity index (χ2v) is 7.91. The molecule has 0 saturated carbocycles. The molecule has 0 fully saturated rings. The zero-order valence-electron chi connectivity index (χ0n) is 7.59. The van der Waals surface area contributed by atoms with Crippen LogP contribution in [-0.2, 0) is 14.0 Å². The van der Waals surface area contributed by atoms with Crippen molar-refractivity contribution in [3.05, 3.63) is 0 Å². The predicted octanol–water partition coefficient (Wildman–Crippen LogP) is 1.23. The Morgan fingerprint density at radius 3 is 2.08 bits per heavy atom. The van der Waals surface area contributed by atoms with Gasteiger partial charge in [-0.15, -0.1) is 0 Å². The normalized spacial score (nSPS) is 10.9. The van der Waals surface area contributed by atoms with Crippen molar-refractivity contribution in [1.82, 2.24) is 0 Å². The number of hydrogen-bond acceptors (Lipinski definition) is 3. The van der Waals surface area contributed by atoms with Crippen LogP contribution in [0, 0.1) is 0 Å². The van der Waals surface area contributed by atoms with Crippen molar-refractivity contribution >= 4 is 20.3 Å². The molecule has 0 radical (unpaired) electrons. The fourth-order valence-corrected chi connectivity index (χ4v) is 1.39. The van der Waals surface area contributed by atoms with E-state index in [4.69, 9.17) is 9.53 Å². The van der Waals surface area contributed by atoms with E-state index in [1.54, 1.807) is 0 Å². The molecule has 0 aromatic rings. The first kappa shape index (κ1) is 11.2. The molecular formula is C7H14O4Si. The summed E-state index contributed by atoms with van der Waals surface area (Å²) in [5.74, 6) is -1.38. The molecule has 0 rings (SSSR count). The van der Waals surface area contributed by atoms with Crippen molar-refractivity contribution in [3.8, 4) is 0 Å². The molecule has 1 N–H and O–H groups in total. The van der Waals surface area contributed by atoms with E-state index < -0.39 is 20.3 Å². The second kappa shape index (κ2) is 4.25. The summed E-state index contributed by atoms with van der Waals surface area (Å²) in [4.78, 5) is 21.0. The first-order chi connectivity index (χ1) is 5.31. The molecular weight excluding hydrogens is 176 g/mol. The van der Waals surface area contributed by atoms with Crippen LogP contribution in [0.1, 0.15) is 12.8 Å². The highest BCUT2D eigenvalue weighted by molar-refractivity contribution is 6.71. The topological polar surface area (TPSA) is 63.6 Å². The molecule has 70 valence electrons. The summed E-state index contributed by atoms with van der Waals surface area (Å²) >= 11 is 0. The van der Waals surface area contributed by atoms with Crippen LogP contribution in [0.5, 0.6) is 0 Å². The lowest BCUT2D eigenvalue weighted by Gasteiger charge is -2.16. The van der Waals surface area contributed by atoms with E-state index in [1.165, 1.54) is 0 Å². The van der Waals surface area contributed by atoms with E-state index in [2.05, 4.69) is 0 Å². The number of carboxylic acids is 1. The van der Waals surface area contributed by atoms with Crippen LogP contribution in [-0.4, -0.2) is 25.4 Å². The number of carbonyl (C=O) groups excluding carboxylic acids is 1. The fraction of sp³-hybridized carbons (Fsp3) is 0.714. The van der Waals surface area contributed by atoms with Crippen molar-refractivity contribution < 1.29 is 19.1 Å². The van der Waals surface area contributed by atoms with Crippen LogP contribution in [0.25, 0.3) is 0 Å². The average molecular weight is 190 g/mol. The lowest BCUT2D eigenvalue weighted by Crippen LogP contribution is -2.29. The molecule has 0 aliphatic heterocycles. The first-order valence-electron chi connectivity index (χ1n) is 3.75. The third-order valence-corrected chi connectivity index (χ3v) is 1.80. The summed E-state index contributed by atoms with van der Waals surface area (Å²) in [5.41, 5.74) is 0. The van der Waals surface area contributed by atoms with Gasteiger partial charge in [-0.25, -0.2) is 0 Å². The van der Waals surface area contributed by atoms with Gasteiger partial charge in [0.25, 0.3) is 5.97 Å². The molecule has 5 heteroatoms. The molecule has 0 aromatic heterocycles. The summed E-state index contributed by atoms with van der Waals surface area (Å²) in [6, 6.07) is 0. The minimum absolute atomic E-state index is 0.0282. The van der Waals surface area contributed by atoms with Gasteiger partial charge in [-0.2, -0.15) is 0 Å². The zero-order chi connectivity index (χ0) is 9.78. The molecule has 0 heterocycles. The maximum absolute atomic E-state index is 10.9. The minimum atomic E-state index is -1.83. The first-order valence-corrected chi connectivity index (χ1v) is 7.16. The van der Waals surface area contributed by atoms with E-state index >= 15 is 0 Å². The third kappa shape index (κ3) is 7.27. The van der Waals surface area contributed by atoms with Gasteiger partial charge in [-0.05, 0) is 19.6 Å². The summed E-state index contributed by atoms with van der Waals surface area (Å²) in [6.07, 6.45) is -0.178. The smallest absolute Gasteiger partial charge is 0.303 e. The molecule has 0 aliphatic rings. The number of rotatable bonds is 4. The number of hydrogen-bond donors (Lipinski definition) is 1. The molecule has 0 saturated heterocycles. The van der Waals surface area contributed by atoms with E-state index in [0.717, 1.165) is 0 Å². The Bertz CT molecular complexity index is 182. The van der Waals surface area contributed by atoms with E-state index in [1.807, 2.05) is 19.6 Å². The molecule has 4 nitrogen and oxygen atoms in total. The van der Waals surface area contributed by atoms with Gasteiger partial charge < -0.3 is 9.53 Å². The Morgan fingerprint density at radius 2 is 1.75 bits per heavy atom. The monoisotopic (exact) mass is 190 g/mol.